The Hall–Kier alpha value is -0.670. The predicted octanol–water partition coefficient (Wildman–Crippen LogP) is 3.31. The number of Topliss-reactive ketones (excluding diaryl/α,β-unsaturated/α-hetero) is 1. The van der Waals surface area contributed by atoms with Crippen LogP contribution in [0.4, 0.5) is 0 Å². The molecule has 2 atom stereocenters. The van der Waals surface area contributed by atoms with Crippen molar-refractivity contribution in [3.8, 4) is 0 Å². The van der Waals surface area contributed by atoms with E-state index in [9.17, 15) is 4.79 Å². The molecule has 0 N–H and O–H groups in total. The number of piperidine rings is 2. The van der Waals surface area contributed by atoms with E-state index in [0.717, 1.165) is 50.9 Å². The molecule has 0 aromatic rings. The lowest BCUT2D eigenvalue weighted by molar-refractivity contribution is -0.200. The maximum absolute atomic E-state index is 13.3. The van der Waals surface area contributed by atoms with E-state index >= 15 is 0 Å². The van der Waals surface area contributed by atoms with Gasteiger partial charge in [-0.3, -0.25) is 14.6 Å². The smallest absolute Gasteiger partial charge is 0.150 e. The van der Waals surface area contributed by atoms with E-state index in [0.29, 0.717) is 17.4 Å². The number of carbonyl (C=O) groups is 1. The molecular formula is C21H32N2O. The summed E-state index contributed by atoms with van der Waals surface area (Å²) in [5.74, 6) is 2.26. The summed E-state index contributed by atoms with van der Waals surface area (Å²) in [5, 5.41) is 0. The number of ketones is 1. The van der Waals surface area contributed by atoms with Crippen LogP contribution in [-0.2, 0) is 4.79 Å². The van der Waals surface area contributed by atoms with Crippen molar-refractivity contribution in [2.75, 3.05) is 26.2 Å². The normalized spacial score (nSPS) is 53.8. The minimum atomic E-state index is -0.0874. The minimum Gasteiger partial charge on any atom is -0.298 e. The summed E-state index contributed by atoms with van der Waals surface area (Å²) in [4.78, 5) is 18.7. The Kier molecular flexibility index (Phi) is 2.94. The fourth-order valence-corrected chi connectivity index (χ4v) is 7.07. The van der Waals surface area contributed by atoms with Gasteiger partial charge in [-0.15, -0.1) is 0 Å². The molecule has 7 rings (SSSR count). The van der Waals surface area contributed by atoms with E-state index in [2.05, 4.69) is 43.6 Å². The van der Waals surface area contributed by atoms with Crippen molar-refractivity contribution in [1.82, 2.24) is 9.80 Å². The zero-order valence-electron chi connectivity index (χ0n) is 15.8. The van der Waals surface area contributed by atoms with Gasteiger partial charge < -0.3 is 0 Å². The summed E-state index contributed by atoms with van der Waals surface area (Å²) in [5.41, 5.74) is 2.01. The molecule has 0 aromatic heterocycles. The molecule has 0 amide bonds. The highest BCUT2D eigenvalue weighted by Gasteiger charge is 2.66. The van der Waals surface area contributed by atoms with Gasteiger partial charge in [0.2, 0.25) is 0 Å². The largest absolute Gasteiger partial charge is 0.298 e. The Morgan fingerprint density at radius 1 is 1.04 bits per heavy atom. The molecule has 4 aliphatic heterocycles. The Morgan fingerprint density at radius 2 is 1.58 bits per heavy atom. The first kappa shape index (κ1) is 15.6. The molecule has 0 aromatic carbocycles. The van der Waals surface area contributed by atoms with Crippen LogP contribution in [-0.4, -0.2) is 47.9 Å². The number of hydrogen-bond donors (Lipinski definition) is 0. The quantitative estimate of drug-likeness (QED) is 0.743. The Morgan fingerprint density at radius 3 is 2.00 bits per heavy atom. The van der Waals surface area contributed by atoms with Crippen LogP contribution in [0.1, 0.15) is 53.4 Å². The molecule has 4 saturated heterocycles. The molecule has 0 radical (unpaired) electrons. The molecule has 3 nitrogen and oxygen atoms in total. The number of allylic oxidation sites excluding steroid dienone is 1. The van der Waals surface area contributed by atoms with E-state index < -0.39 is 0 Å². The fourth-order valence-electron chi connectivity index (χ4n) is 7.07. The molecule has 5 fully saturated rings. The first-order chi connectivity index (χ1) is 11.4. The topological polar surface area (TPSA) is 23.6 Å². The molecule has 132 valence electrons. The average molecular weight is 329 g/mol. The molecular weight excluding hydrogens is 296 g/mol. The van der Waals surface area contributed by atoms with Gasteiger partial charge in [-0.2, -0.15) is 0 Å². The van der Waals surface area contributed by atoms with Gasteiger partial charge in [0, 0.05) is 26.2 Å². The van der Waals surface area contributed by atoms with Crippen LogP contribution in [0.2, 0.25) is 0 Å². The highest BCUT2D eigenvalue weighted by molar-refractivity contribution is 5.93. The van der Waals surface area contributed by atoms with Crippen molar-refractivity contribution < 1.29 is 4.79 Å². The van der Waals surface area contributed by atoms with Crippen LogP contribution < -0.4 is 0 Å². The van der Waals surface area contributed by atoms with E-state index in [4.69, 9.17) is 0 Å². The summed E-state index contributed by atoms with van der Waals surface area (Å²) in [6, 6.07) is 0. The summed E-state index contributed by atoms with van der Waals surface area (Å²) >= 11 is 0. The van der Waals surface area contributed by atoms with Gasteiger partial charge in [-0.25, -0.2) is 0 Å². The third kappa shape index (κ3) is 1.60. The van der Waals surface area contributed by atoms with Crippen LogP contribution in [0.5, 0.6) is 0 Å². The van der Waals surface area contributed by atoms with Crippen molar-refractivity contribution in [3.05, 3.63) is 11.6 Å². The third-order valence-electron chi connectivity index (χ3n) is 8.84. The van der Waals surface area contributed by atoms with Crippen molar-refractivity contribution in [2.45, 2.75) is 59.5 Å². The van der Waals surface area contributed by atoms with Gasteiger partial charge in [0.15, 0.2) is 0 Å². The van der Waals surface area contributed by atoms with Crippen molar-refractivity contribution in [2.24, 2.45) is 28.1 Å². The van der Waals surface area contributed by atoms with Gasteiger partial charge in [-0.05, 0) is 48.5 Å². The van der Waals surface area contributed by atoms with Crippen molar-refractivity contribution in [1.29, 1.82) is 0 Å². The zero-order valence-corrected chi connectivity index (χ0v) is 15.8. The third-order valence-corrected chi connectivity index (χ3v) is 8.84. The Bertz CT molecular complexity index is 592. The standard InChI is InChI=1S/C21H32N2O/c1-5-20-10-22-12-21(6-2,18(20)24)13-23(11-20)17(22)15-8-7-14-9-16(15)19(14,3)4/h8,14,16-17H,5-7,9-13H2,1-4H3. The number of fused-ring (bicyclic) bond motifs is 2. The maximum atomic E-state index is 13.3. The minimum absolute atomic E-state index is 0.0874. The second-order valence-electron chi connectivity index (χ2n) is 10.0. The summed E-state index contributed by atoms with van der Waals surface area (Å²) in [6.45, 7) is 13.4. The van der Waals surface area contributed by atoms with E-state index in [1.807, 2.05) is 0 Å². The van der Waals surface area contributed by atoms with Crippen LogP contribution in [0, 0.1) is 28.1 Å². The maximum Gasteiger partial charge on any atom is 0.150 e. The lowest BCUT2D eigenvalue weighted by Gasteiger charge is -2.68. The average Bonchev–Trinajstić information content (AvgIpc) is 2.58. The lowest BCUT2D eigenvalue weighted by atomic mass is 9.48. The van der Waals surface area contributed by atoms with Crippen molar-refractivity contribution >= 4 is 5.78 Å². The van der Waals surface area contributed by atoms with Crippen molar-refractivity contribution in [3.63, 3.8) is 0 Å². The van der Waals surface area contributed by atoms with Crippen LogP contribution in [0.3, 0.4) is 0 Å². The van der Waals surface area contributed by atoms with Crippen LogP contribution in [0.15, 0.2) is 11.6 Å². The Labute approximate surface area is 146 Å². The molecule has 0 spiro atoms. The molecule has 6 bridgehead atoms. The fraction of sp³-hybridized carbons (Fsp3) is 0.857. The molecule has 3 heteroatoms. The van der Waals surface area contributed by atoms with Gasteiger partial charge in [0.1, 0.15) is 5.78 Å². The molecule has 2 unspecified atom stereocenters. The van der Waals surface area contributed by atoms with E-state index in [-0.39, 0.29) is 10.8 Å². The first-order valence-corrected chi connectivity index (χ1v) is 10.1. The highest BCUT2D eigenvalue weighted by Crippen LogP contribution is 2.62. The van der Waals surface area contributed by atoms with Gasteiger partial charge >= 0.3 is 0 Å². The summed E-state index contributed by atoms with van der Waals surface area (Å²) < 4.78 is 0. The SMILES string of the molecule is CCC12CN3CC(CC)(CN(C1)C3C1=CCC3CC1C3(C)C)C2=O. The van der Waals surface area contributed by atoms with E-state index in [1.165, 1.54) is 12.8 Å². The molecule has 4 heterocycles. The van der Waals surface area contributed by atoms with Gasteiger partial charge in [-0.1, -0.05) is 33.8 Å². The number of rotatable bonds is 3. The van der Waals surface area contributed by atoms with Gasteiger partial charge in [0.05, 0.1) is 17.0 Å². The molecule has 24 heavy (non-hydrogen) atoms. The first-order valence-electron chi connectivity index (χ1n) is 10.1. The summed E-state index contributed by atoms with van der Waals surface area (Å²) in [6.07, 6.45) is 7.74. The second kappa shape index (κ2) is 4.54. The second-order valence-corrected chi connectivity index (χ2v) is 10.0. The number of hydrogen-bond acceptors (Lipinski definition) is 3. The zero-order chi connectivity index (χ0) is 16.9. The van der Waals surface area contributed by atoms with Crippen LogP contribution >= 0.6 is 0 Å². The predicted molar refractivity (Wildman–Crippen MR) is 95.5 cm³/mol. The van der Waals surface area contributed by atoms with E-state index in [1.54, 1.807) is 5.57 Å². The number of carbonyl (C=O) groups excluding carboxylic acids is 1. The van der Waals surface area contributed by atoms with Crippen LogP contribution in [0.25, 0.3) is 0 Å². The molecule has 1 saturated carbocycles. The number of nitrogens with zero attached hydrogens (tertiary/aromatic N) is 2. The monoisotopic (exact) mass is 328 g/mol. The Balaban J connectivity index is 1.53. The van der Waals surface area contributed by atoms with Gasteiger partial charge in [0.25, 0.3) is 0 Å². The molecule has 3 aliphatic carbocycles. The summed E-state index contributed by atoms with van der Waals surface area (Å²) in [7, 11) is 0. The highest BCUT2D eigenvalue weighted by atomic mass is 16.1. The molecule has 7 aliphatic rings. The lowest BCUT2D eigenvalue weighted by Crippen LogP contribution is -2.80.